The van der Waals surface area contributed by atoms with E-state index >= 15 is 9.59 Å². The number of carbonyl (C=O) groups is 5. The molecule has 0 spiro atoms. The van der Waals surface area contributed by atoms with Crippen molar-refractivity contribution >= 4 is 30.5 Å². The lowest BCUT2D eigenvalue weighted by molar-refractivity contribution is -0.308. The van der Waals surface area contributed by atoms with Crippen molar-refractivity contribution in [3.8, 4) is 34.5 Å². The highest BCUT2D eigenvalue weighted by Gasteiger charge is 2.59. The Balaban J connectivity index is 0.891. The average Bonchev–Trinajstić information content (AvgIpc) is 1.36. The van der Waals surface area contributed by atoms with Gasteiger partial charge in [-0.1, -0.05) is 266 Å². The van der Waals surface area contributed by atoms with Crippen molar-refractivity contribution < 1.29 is 104 Å². The number of hydrogen-bond donors (Lipinski definition) is 5. The van der Waals surface area contributed by atoms with Crippen molar-refractivity contribution in [2.45, 2.75) is 156 Å². The van der Waals surface area contributed by atoms with Gasteiger partial charge in [-0.3, -0.25) is 0 Å². The van der Waals surface area contributed by atoms with Crippen molar-refractivity contribution in [2.24, 2.45) is 5.11 Å². The van der Waals surface area contributed by atoms with Gasteiger partial charge in [0.2, 0.25) is 6.29 Å². The smallest absolute Gasteiger partial charge is 0.413 e. The first-order valence-electron chi connectivity index (χ1n) is 42.0. The zero-order valence-electron chi connectivity index (χ0n) is 69.3. The number of nitrogens with one attached hydrogen (secondary N) is 5. The maximum atomic E-state index is 15.2. The summed E-state index contributed by atoms with van der Waals surface area (Å²) >= 11 is 0. The van der Waals surface area contributed by atoms with E-state index in [1.165, 1.54) is 0 Å². The molecule has 4 fully saturated rings. The molecule has 1 aliphatic carbocycles. The molecule has 30 nitrogen and oxygen atoms in total. The lowest BCUT2D eigenvalue weighted by Gasteiger charge is -2.49. The zero-order chi connectivity index (χ0) is 87.9. The van der Waals surface area contributed by atoms with Crippen LogP contribution in [0.3, 0.4) is 0 Å². The summed E-state index contributed by atoms with van der Waals surface area (Å²) in [6.45, 7) is -1.09. The van der Waals surface area contributed by atoms with Crippen molar-refractivity contribution in [2.75, 3.05) is 13.1 Å². The van der Waals surface area contributed by atoms with Crippen LogP contribution in [0.1, 0.15) is 40.7 Å². The predicted octanol–water partition coefficient (Wildman–Crippen LogP) is 15.8. The SMILES string of the molecule is [N-]=[N+]=NC[C@@H]1C[C@H](OCc2ccccc2)[C@@H](NC(=O)Oc2ccccc2)[C@@H](O[C@H]2[C@H](O[C@@H]3O[C@H](Oc4ccccc4)[C@@H](O[C@H]4O[C@@H](CNC(=O)Oc5ccccc5)[C@@H](OCc5ccccc5)[C@H](OCc5ccccc5)[C@H]4NC(=O)Oc4ccccc4)[C@H]3OCc3ccccc3)[C@@H](OCc3ccccc3)[C@H](NC(=O)Oc3ccccc3)C[C@@H]2NC(=O)Oc2ccccc2)O1. The Morgan fingerprint density at radius 2 is 0.648 bits per heavy atom. The second-order valence-electron chi connectivity index (χ2n) is 30.3. The molecular weight excluding hydrogens is 1640 g/mol. The monoisotopic (exact) mass is 1740 g/mol. The highest BCUT2D eigenvalue weighted by molar-refractivity contribution is 5.73. The average molecular weight is 1740 g/mol. The third-order valence-electron chi connectivity index (χ3n) is 21.3. The third-order valence-corrected chi connectivity index (χ3v) is 21.3. The van der Waals surface area contributed by atoms with E-state index in [2.05, 4.69) is 36.6 Å². The summed E-state index contributed by atoms with van der Waals surface area (Å²) < 4.78 is 117. The van der Waals surface area contributed by atoms with Crippen LogP contribution in [0.5, 0.6) is 34.5 Å². The number of amides is 5. The summed E-state index contributed by atoms with van der Waals surface area (Å²) in [5.41, 5.74) is 13.5. The summed E-state index contributed by atoms with van der Waals surface area (Å²) in [6, 6.07) is 91.4. The largest absolute Gasteiger partial charge is 0.462 e. The van der Waals surface area contributed by atoms with E-state index in [1.807, 2.05) is 152 Å². The van der Waals surface area contributed by atoms with Gasteiger partial charge in [0.05, 0.1) is 63.9 Å². The first-order valence-corrected chi connectivity index (χ1v) is 42.0. The molecule has 3 saturated heterocycles. The van der Waals surface area contributed by atoms with Crippen LogP contribution in [0.25, 0.3) is 10.4 Å². The van der Waals surface area contributed by atoms with Crippen LogP contribution in [-0.4, -0.2) is 154 Å². The van der Waals surface area contributed by atoms with E-state index < -0.39 is 141 Å². The molecule has 15 rings (SSSR count). The molecule has 5 N–H and O–H groups in total. The molecule has 0 aromatic heterocycles. The zero-order valence-corrected chi connectivity index (χ0v) is 69.3. The number of carbonyl (C=O) groups excluding carboxylic acids is 5. The molecule has 3 aliphatic heterocycles. The Labute approximate surface area is 738 Å². The molecular formula is C98H96N8O22. The Kier molecular flexibility index (Phi) is 32.1. The van der Waals surface area contributed by atoms with Crippen LogP contribution in [0, 0.1) is 0 Å². The van der Waals surface area contributed by atoms with Crippen LogP contribution in [-0.2, 0) is 85.1 Å². The minimum atomic E-state index is -1.79. The fraction of sp³-hybridized carbons (Fsp3) is 0.276. The van der Waals surface area contributed by atoms with Gasteiger partial charge in [0.15, 0.2) is 25.0 Å². The topological polar surface area (TPSA) is 351 Å². The van der Waals surface area contributed by atoms with Crippen molar-refractivity contribution in [3.63, 3.8) is 0 Å². The van der Waals surface area contributed by atoms with E-state index in [9.17, 15) is 19.9 Å². The molecule has 30 heteroatoms. The van der Waals surface area contributed by atoms with Gasteiger partial charge in [-0.25, -0.2) is 24.0 Å². The molecule has 660 valence electrons. The van der Waals surface area contributed by atoms with Gasteiger partial charge < -0.3 is 107 Å². The molecule has 4 aliphatic rings. The number of ether oxygens (including phenoxy) is 17. The van der Waals surface area contributed by atoms with Crippen LogP contribution in [0.15, 0.2) is 339 Å². The van der Waals surface area contributed by atoms with Gasteiger partial charge in [0.25, 0.3) is 0 Å². The summed E-state index contributed by atoms with van der Waals surface area (Å²) in [5, 5.41) is 19.1. The van der Waals surface area contributed by atoms with Gasteiger partial charge in [-0.15, -0.1) is 0 Å². The fourth-order valence-corrected chi connectivity index (χ4v) is 15.3. The number of benzene rings is 11. The van der Waals surface area contributed by atoms with Crippen LogP contribution >= 0.6 is 0 Å². The van der Waals surface area contributed by atoms with E-state index in [0.29, 0.717) is 11.1 Å². The highest BCUT2D eigenvalue weighted by Crippen LogP contribution is 2.41. The quantitative estimate of drug-likeness (QED) is 0.0138. The molecule has 11 aromatic carbocycles. The van der Waals surface area contributed by atoms with Crippen molar-refractivity contribution in [1.82, 2.24) is 26.6 Å². The predicted molar refractivity (Wildman–Crippen MR) is 464 cm³/mol. The Morgan fingerprint density at radius 1 is 0.312 bits per heavy atom. The molecule has 128 heavy (non-hydrogen) atoms. The third kappa shape index (κ3) is 25.8. The summed E-state index contributed by atoms with van der Waals surface area (Å²) in [6.07, 6.45) is -25.6. The number of nitrogens with zero attached hydrogens (tertiary/aromatic N) is 3. The van der Waals surface area contributed by atoms with Gasteiger partial charge in [0.1, 0.15) is 89.3 Å². The lowest BCUT2D eigenvalue weighted by Crippen LogP contribution is -2.69. The second kappa shape index (κ2) is 46.1. The number of para-hydroxylation sites is 6. The number of rotatable bonds is 36. The maximum absolute atomic E-state index is 15.2. The standard InChI is InChI=1S/C98H96N8O22/c99-106-101-58-76-56-79(112-60-65-34-12-1-13-35-65)81(104-97(110)122-74-52-30-10-31-53-74)90(118-76)125-84-78(103-96(109)121-73-50-28-9-29-51-73)57-77(102-95(108)120-72-48-26-8-27-49-72)83(113-61-66-36-14-2-15-37-66)87(84)126-92-88(116-64-69-42-20-5-21-43-69)89(93(128-92)117-70-44-22-6-23-45-70)127-91-82(105-98(111)123-75-54-32-11-33-55-75)86(115-63-68-40-18-4-19-41-68)85(114-62-67-38-16-3-17-39-67)80(124-91)59-100-94(107)119-71-46-24-7-25-47-71/h1-55,76-93H,56-64H2,(H,100,107)(H,102,108)(H,103,109)(H,104,110)(H,105,111)/t76-,77+,78-,79-,80-,81+,82+,83-,84+,85+,86+,87+,88+,89-,90+,91+,92+,93-/m0/s1. The Bertz CT molecular complexity index is 5290. The summed E-state index contributed by atoms with van der Waals surface area (Å²) in [5.74, 6) is 1.17. The Morgan fingerprint density at radius 3 is 1.08 bits per heavy atom. The van der Waals surface area contributed by atoms with Gasteiger partial charge in [0, 0.05) is 17.9 Å². The normalized spacial score (nSPS) is 24.1. The van der Waals surface area contributed by atoms with Gasteiger partial charge >= 0.3 is 30.5 Å². The maximum Gasteiger partial charge on any atom is 0.413 e. The minimum Gasteiger partial charge on any atom is -0.462 e. The van der Waals surface area contributed by atoms with Gasteiger partial charge in [-0.05, 0) is 113 Å². The van der Waals surface area contributed by atoms with Crippen LogP contribution in [0.4, 0.5) is 24.0 Å². The van der Waals surface area contributed by atoms with E-state index in [0.717, 1.165) is 16.7 Å². The molecule has 11 aromatic rings. The molecule has 0 radical (unpaired) electrons. The summed E-state index contributed by atoms with van der Waals surface area (Å²) in [7, 11) is 0. The molecule has 1 saturated carbocycles. The first-order chi connectivity index (χ1) is 62.9. The summed E-state index contributed by atoms with van der Waals surface area (Å²) in [4.78, 5) is 77.4. The first kappa shape index (κ1) is 89.3. The van der Waals surface area contributed by atoms with Crippen LogP contribution < -0.4 is 55.0 Å². The molecule has 5 amide bonds. The van der Waals surface area contributed by atoms with Crippen LogP contribution in [0.2, 0.25) is 0 Å². The van der Waals surface area contributed by atoms with Crippen molar-refractivity contribution in [3.05, 3.63) is 372 Å². The second-order valence-corrected chi connectivity index (χ2v) is 30.3. The van der Waals surface area contributed by atoms with Crippen molar-refractivity contribution in [1.29, 1.82) is 0 Å². The minimum absolute atomic E-state index is 0.00484. The fourth-order valence-electron chi connectivity index (χ4n) is 15.3. The number of azide groups is 1. The van der Waals surface area contributed by atoms with E-state index in [-0.39, 0.29) is 93.5 Å². The highest BCUT2D eigenvalue weighted by atomic mass is 16.8. The van der Waals surface area contributed by atoms with E-state index in [1.54, 1.807) is 182 Å². The van der Waals surface area contributed by atoms with E-state index in [4.69, 9.17) is 80.5 Å². The Hall–Kier alpha value is -13.6. The van der Waals surface area contributed by atoms with Gasteiger partial charge in [-0.2, -0.15) is 0 Å². The molecule has 0 unspecified atom stereocenters. The lowest BCUT2D eigenvalue weighted by atomic mass is 9.83. The molecule has 18 atom stereocenters. The molecule has 3 heterocycles. The molecule has 0 bridgehead atoms. The number of hydrogen-bond acceptors (Lipinski definition) is 23.